The van der Waals surface area contributed by atoms with Gasteiger partial charge < -0.3 is 15.4 Å². The van der Waals surface area contributed by atoms with E-state index in [0.717, 1.165) is 12.8 Å². The van der Waals surface area contributed by atoms with E-state index in [1.165, 1.54) is 24.8 Å². The van der Waals surface area contributed by atoms with Gasteiger partial charge in [-0.3, -0.25) is 9.69 Å². The predicted octanol–water partition coefficient (Wildman–Crippen LogP) is 4.10. The van der Waals surface area contributed by atoms with Crippen molar-refractivity contribution in [2.45, 2.75) is 82.9 Å². The van der Waals surface area contributed by atoms with Crippen molar-refractivity contribution < 1.29 is 14.3 Å². The molecular weight excluding hydrogens is 390 g/mol. The van der Waals surface area contributed by atoms with Crippen molar-refractivity contribution in [1.29, 1.82) is 0 Å². The van der Waals surface area contributed by atoms with Crippen molar-refractivity contribution in [2.75, 3.05) is 13.2 Å². The number of benzene rings is 1. The molecule has 2 amide bonds. The lowest BCUT2D eigenvalue weighted by molar-refractivity contribution is -0.132. The molecule has 5 atom stereocenters. The number of fused-ring (bicyclic) bond motifs is 2. The van der Waals surface area contributed by atoms with Gasteiger partial charge in [0.15, 0.2) is 0 Å². The van der Waals surface area contributed by atoms with Gasteiger partial charge in [0.2, 0.25) is 5.91 Å². The van der Waals surface area contributed by atoms with Crippen LogP contribution in [0.3, 0.4) is 0 Å². The first kappa shape index (κ1) is 22.1. The first-order chi connectivity index (χ1) is 14.8. The van der Waals surface area contributed by atoms with Crippen molar-refractivity contribution in [3.63, 3.8) is 0 Å². The molecule has 31 heavy (non-hydrogen) atoms. The predicted molar refractivity (Wildman–Crippen MR) is 120 cm³/mol. The Balaban J connectivity index is 1.59. The Morgan fingerprint density at radius 1 is 1.13 bits per heavy atom. The lowest BCUT2D eigenvalue weighted by atomic mass is 9.79. The van der Waals surface area contributed by atoms with E-state index in [4.69, 9.17) is 10.5 Å². The van der Waals surface area contributed by atoms with E-state index in [1.807, 2.05) is 31.7 Å². The quantitative estimate of drug-likeness (QED) is 0.694. The summed E-state index contributed by atoms with van der Waals surface area (Å²) in [6, 6.07) is 10.3. The molecule has 1 aromatic rings. The highest BCUT2D eigenvalue weighted by molar-refractivity contribution is 5.89. The van der Waals surface area contributed by atoms with E-state index in [9.17, 15) is 9.59 Å². The topological polar surface area (TPSA) is 75.9 Å². The molecule has 3 fully saturated rings. The summed E-state index contributed by atoms with van der Waals surface area (Å²) in [5.41, 5.74) is 6.41. The number of nitrogens with zero attached hydrogens (tertiary/aromatic N) is 2. The fourth-order valence-corrected chi connectivity index (χ4v) is 6.02. The van der Waals surface area contributed by atoms with E-state index < -0.39 is 11.6 Å². The summed E-state index contributed by atoms with van der Waals surface area (Å²) in [5, 5.41) is 0. The van der Waals surface area contributed by atoms with Gasteiger partial charge in [0, 0.05) is 12.0 Å². The fraction of sp³-hybridized carbons (Fsp3) is 0.680. The minimum Gasteiger partial charge on any atom is -0.444 e. The number of hydrogen-bond donors (Lipinski definition) is 1. The summed E-state index contributed by atoms with van der Waals surface area (Å²) in [5.74, 6) is 1.58. The van der Waals surface area contributed by atoms with E-state index in [-0.39, 0.29) is 18.0 Å². The van der Waals surface area contributed by atoms with Gasteiger partial charge in [-0.15, -0.1) is 0 Å². The van der Waals surface area contributed by atoms with Crippen LogP contribution in [0, 0.1) is 11.8 Å². The Kier molecular flexibility index (Phi) is 6.29. The molecule has 3 aliphatic rings. The first-order valence-electron chi connectivity index (χ1n) is 11.9. The Hall–Kier alpha value is -2.08. The molecule has 0 spiro atoms. The van der Waals surface area contributed by atoms with Crippen molar-refractivity contribution >= 4 is 12.0 Å². The van der Waals surface area contributed by atoms with Gasteiger partial charge in [0.1, 0.15) is 18.3 Å². The van der Waals surface area contributed by atoms with Crippen LogP contribution in [-0.4, -0.2) is 52.7 Å². The zero-order chi connectivity index (χ0) is 22.2. The lowest BCUT2D eigenvalue weighted by Gasteiger charge is -2.38. The van der Waals surface area contributed by atoms with Crippen LogP contribution in [-0.2, 0) is 9.53 Å². The van der Waals surface area contributed by atoms with Gasteiger partial charge in [-0.25, -0.2) is 4.79 Å². The minimum absolute atomic E-state index is 0.0846. The minimum atomic E-state index is -0.589. The Bertz CT molecular complexity index is 791. The third-order valence-electron chi connectivity index (χ3n) is 7.23. The van der Waals surface area contributed by atoms with Gasteiger partial charge in [0.05, 0.1) is 0 Å². The fourth-order valence-electron chi connectivity index (χ4n) is 6.02. The second-order valence-corrected chi connectivity index (χ2v) is 10.5. The van der Waals surface area contributed by atoms with Gasteiger partial charge in [-0.1, -0.05) is 30.3 Å². The molecule has 6 nitrogen and oxygen atoms in total. The standard InChI is InChI=1S/C25H37N3O3/c1-25(2,3)31-24(30)27-16-28(23(29)20(27)11-7-8-14-26)22-19-13-12-18(15-19)21(22)17-9-5-4-6-10-17/h4-6,9-10,18-22H,7-8,11-16,26H2,1-3H3/t18?,19-,20-,21?,22?/m0/s1. The van der Waals surface area contributed by atoms with Crippen molar-refractivity contribution in [3.8, 4) is 0 Å². The number of ether oxygens (including phenoxy) is 1. The smallest absolute Gasteiger partial charge is 0.412 e. The molecule has 1 saturated heterocycles. The molecule has 4 rings (SSSR count). The molecule has 2 aliphatic carbocycles. The zero-order valence-corrected chi connectivity index (χ0v) is 19.1. The summed E-state index contributed by atoms with van der Waals surface area (Å²) >= 11 is 0. The summed E-state index contributed by atoms with van der Waals surface area (Å²) in [4.78, 5) is 30.4. The highest BCUT2D eigenvalue weighted by Crippen LogP contribution is 2.55. The van der Waals surface area contributed by atoms with Crippen molar-refractivity contribution in [3.05, 3.63) is 35.9 Å². The van der Waals surface area contributed by atoms with Gasteiger partial charge in [0.25, 0.3) is 0 Å². The second kappa shape index (κ2) is 8.81. The average Bonchev–Trinajstić information content (AvgIpc) is 3.41. The average molecular weight is 428 g/mol. The van der Waals surface area contributed by atoms with E-state index in [2.05, 4.69) is 24.3 Å². The zero-order valence-electron chi connectivity index (χ0n) is 19.1. The number of nitrogens with two attached hydrogens (primary N) is 1. The van der Waals surface area contributed by atoms with Crippen LogP contribution >= 0.6 is 0 Å². The lowest BCUT2D eigenvalue weighted by Crippen LogP contribution is -2.45. The Morgan fingerprint density at radius 2 is 1.84 bits per heavy atom. The molecule has 6 heteroatoms. The molecule has 1 aliphatic heterocycles. The van der Waals surface area contributed by atoms with Crippen molar-refractivity contribution in [2.24, 2.45) is 17.6 Å². The second-order valence-electron chi connectivity index (χ2n) is 10.5. The SMILES string of the molecule is CC(C)(C)OC(=O)N1CN(C2C(c3ccccc3)C3CC[C@H]2C3)C(=O)[C@@H]1CCCCN. The molecule has 2 bridgehead atoms. The van der Waals surface area contributed by atoms with Crippen LogP contribution in [0.15, 0.2) is 30.3 Å². The maximum Gasteiger partial charge on any atom is 0.412 e. The Morgan fingerprint density at radius 3 is 2.52 bits per heavy atom. The van der Waals surface area contributed by atoms with Crippen LogP contribution < -0.4 is 5.73 Å². The summed E-state index contributed by atoms with van der Waals surface area (Å²) < 4.78 is 5.67. The van der Waals surface area contributed by atoms with Crippen LogP contribution in [0.4, 0.5) is 4.79 Å². The number of rotatable bonds is 6. The van der Waals surface area contributed by atoms with Crippen LogP contribution in [0.5, 0.6) is 0 Å². The summed E-state index contributed by atoms with van der Waals surface area (Å²) in [6.07, 6.45) is 5.53. The molecule has 170 valence electrons. The highest BCUT2D eigenvalue weighted by Gasteiger charge is 2.55. The highest BCUT2D eigenvalue weighted by atomic mass is 16.6. The van der Waals surface area contributed by atoms with Crippen LogP contribution in [0.2, 0.25) is 0 Å². The van der Waals surface area contributed by atoms with Gasteiger partial charge in [-0.05, 0) is 83.2 Å². The number of amides is 2. The maximum atomic E-state index is 13.7. The molecule has 0 radical (unpaired) electrons. The molecule has 0 aromatic heterocycles. The van der Waals surface area contributed by atoms with E-state index in [1.54, 1.807) is 4.90 Å². The molecule has 2 N–H and O–H groups in total. The van der Waals surface area contributed by atoms with Crippen LogP contribution in [0.25, 0.3) is 0 Å². The first-order valence-corrected chi connectivity index (χ1v) is 11.9. The molecular formula is C25H37N3O3. The number of hydrogen-bond acceptors (Lipinski definition) is 4. The van der Waals surface area contributed by atoms with Crippen molar-refractivity contribution in [1.82, 2.24) is 9.80 Å². The molecule has 1 aromatic carbocycles. The normalized spacial score (nSPS) is 30.3. The number of carbonyl (C=O) groups excluding carboxylic acids is 2. The summed E-state index contributed by atoms with van der Waals surface area (Å²) in [7, 11) is 0. The van der Waals surface area contributed by atoms with Gasteiger partial charge >= 0.3 is 6.09 Å². The third-order valence-corrected chi connectivity index (χ3v) is 7.23. The van der Waals surface area contributed by atoms with E-state index >= 15 is 0 Å². The number of unbranched alkanes of at least 4 members (excludes halogenated alkanes) is 1. The largest absolute Gasteiger partial charge is 0.444 e. The molecule has 3 unspecified atom stereocenters. The monoisotopic (exact) mass is 427 g/mol. The molecule has 2 saturated carbocycles. The Labute approximate surface area is 186 Å². The third kappa shape index (κ3) is 4.45. The van der Waals surface area contributed by atoms with Gasteiger partial charge in [-0.2, -0.15) is 0 Å². The number of carbonyl (C=O) groups is 2. The summed E-state index contributed by atoms with van der Waals surface area (Å²) in [6.45, 7) is 6.53. The maximum absolute atomic E-state index is 13.7. The van der Waals surface area contributed by atoms with E-state index in [0.29, 0.717) is 37.4 Å². The van der Waals surface area contributed by atoms with Crippen LogP contribution in [0.1, 0.15) is 70.8 Å². The molecule has 1 heterocycles.